The van der Waals surface area contributed by atoms with Gasteiger partial charge in [-0.15, -0.1) is 0 Å². The summed E-state index contributed by atoms with van der Waals surface area (Å²) in [5, 5.41) is 2.86. The second-order valence-corrected chi connectivity index (χ2v) is 3.37. The largest absolute Gasteiger partial charge is 0.382 e. The summed E-state index contributed by atoms with van der Waals surface area (Å²) in [5.74, 6) is 0.0950. The molecule has 1 rings (SSSR count). The second kappa shape index (κ2) is 5.19. The maximum absolute atomic E-state index is 11.2. The van der Waals surface area contributed by atoms with Crippen molar-refractivity contribution in [3.63, 3.8) is 0 Å². The lowest BCUT2D eigenvalue weighted by molar-refractivity contribution is -0.121. The molecule has 13 heavy (non-hydrogen) atoms. The maximum atomic E-state index is 11.2. The molecular weight excluding hydrogens is 168 g/mol. The van der Waals surface area contributed by atoms with Gasteiger partial charge in [-0.3, -0.25) is 4.79 Å². The summed E-state index contributed by atoms with van der Waals surface area (Å²) < 4.78 is 5.12. The van der Waals surface area contributed by atoms with E-state index in [0.29, 0.717) is 13.0 Å². The van der Waals surface area contributed by atoms with Gasteiger partial charge in [-0.05, 0) is 19.8 Å². The highest BCUT2D eigenvalue weighted by Gasteiger charge is 2.34. The Hall–Kier alpha value is -0.610. The van der Waals surface area contributed by atoms with Crippen molar-refractivity contribution in [1.29, 1.82) is 0 Å². The third-order valence-electron chi connectivity index (χ3n) is 2.08. The Balaban J connectivity index is 1.92. The molecule has 0 aliphatic heterocycles. The summed E-state index contributed by atoms with van der Waals surface area (Å²) in [4.78, 5) is 11.2. The van der Waals surface area contributed by atoms with Gasteiger partial charge in [0.25, 0.3) is 0 Å². The first-order valence-corrected chi connectivity index (χ1v) is 4.86. The van der Waals surface area contributed by atoms with Crippen LogP contribution in [0.1, 0.15) is 26.2 Å². The number of amides is 1. The first-order chi connectivity index (χ1) is 6.24. The molecule has 0 spiro atoms. The van der Waals surface area contributed by atoms with Gasteiger partial charge in [0, 0.05) is 31.7 Å². The van der Waals surface area contributed by atoms with Crippen molar-refractivity contribution < 1.29 is 9.53 Å². The average Bonchev–Trinajstić information content (AvgIpc) is 2.76. The van der Waals surface area contributed by atoms with E-state index in [1.54, 1.807) is 0 Å². The first kappa shape index (κ1) is 10.5. The first-order valence-electron chi connectivity index (χ1n) is 4.86. The van der Waals surface area contributed by atoms with Crippen molar-refractivity contribution in [1.82, 2.24) is 5.32 Å². The molecule has 1 amide bonds. The van der Waals surface area contributed by atoms with E-state index >= 15 is 0 Å². The molecule has 3 N–H and O–H groups in total. The summed E-state index contributed by atoms with van der Waals surface area (Å²) >= 11 is 0. The fourth-order valence-electron chi connectivity index (χ4n) is 1.14. The minimum absolute atomic E-state index is 0.0950. The second-order valence-electron chi connectivity index (χ2n) is 3.37. The minimum atomic E-state index is 0.0950. The van der Waals surface area contributed by atoms with E-state index in [1.165, 1.54) is 0 Å². The molecule has 0 saturated heterocycles. The minimum Gasteiger partial charge on any atom is -0.382 e. The Morgan fingerprint density at radius 2 is 2.38 bits per heavy atom. The van der Waals surface area contributed by atoms with E-state index < -0.39 is 0 Å². The predicted octanol–water partition coefficient (Wildman–Crippen LogP) is 0.0189. The Morgan fingerprint density at radius 3 is 2.92 bits per heavy atom. The third-order valence-corrected chi connectivity index (χ3v) is 2.08. The molecule has 0 aromatic carbocycles. The van der Waals surface area contributed by atoms with Gasteiger partial charge in [0.1, 0.15) is 0 Å². The molecule has 2 atom stereocenters. The number of nitrogens with one attached hydrogen (secondary N) is 1. The number of nitrogens with two attached hydrogens (primary N) is 1. The van der Waals surface area contributed by atoms with E-state index in [-0.39, 0.29) is 18.0 Å². The molecule has 1 saturated carbocycles. The number of hydrogen-bond donors (Lipinski definition) is 2. The summed E-state index contributed by atoms with van der Waals surface area (Å²) in [6.45, 7) is 3.33. The molecule has 0 radical (unpaired) electrons. The molecule has 76 valence electrons. The van der Waals surface area contributed by atoms with Crippen LogP contribution in [0, 0.1) is 0 Å². The highest BCUT2D eigenvalue weighted by molar-refractivity contribution is 5.76. The van der Waals surface area contributed by atoms with Crippen LogP contribution < -0.4 is 11.1 Å². The number of ether oxygens (including phenoxy) is 1. The highest BCUT2D eigenvalue weighted by Crippen LogP contribution is 2.17. The molecule has 0 aromatic heterocycles. The van der Waals surface area contributed by atoms with Crippen LogP contribution in [0.15, 0.2) is 0 Å². The van der Waals surface area contributed by atoms with Gasteiger partial charge in [0.05, 0.1) is 0 Å². The fourth-order valence-corrected chi connectivity index (χ4v) is 1.14. The monoisotopic (exact) mass is 186 g/mol. The van der Waals surface area contributed by atoms with Gasteiger partial charge < -0.3 is 15.8 Å². The Kier molecular flexibility index (Phi) is 4.18. The maximum Gasteiger partial charge on any atom is 0.220 e. The normalized spacial score (nSPS) is 25.7. The molecule has 0 bridgehead atoms. The van der Waals surface area contributed by atoms with Gasteiger partial charge in [0.15, 0.2) is 0 Å². The van der Waals surface area contributed by atoms with Gasteiger partial charge in [-0.1, -0.05) is 0 Å². The lowest BCUT2D eigenvalue weighted by Crippen LogP contribution is -2.29. The molecule has 4 nitrogen and oxygen atoms in total. The summed E-state index contributed by atoms with van der Waals surface area (Å²) in [6.07, 6.45) is 2.27. The average molecular weight is 186 g/mol. The Bertz CT molecular complexity index is 173. The Labute approximate surface area is 78.8 Å². The van der Waals surface area contributed by atoms with E-state index in [1.807, 2.05) is 6.92 Å². The van der Waals surface area contributed by atoms with Crippen LogP contribution >= 0.6 is 0 Å². The fraction of sp³-hybridized carbons (Fsp3) is 0.889. The molecule has 0 heterocycles. The van der Waals surface area contributed by atoms with Gasteiger partial charge >= 0.3 is 0 Å². The van der Waals surface area contributed by atoms with Crippen molar-refractivity contribution in [3.8, 4) is 0 Å². The molecule has 4 heteroatoms. The topological polar surface area (TPSA) is 64.3 Å². The smallest absolute Gasteiger partial charge is 0.220 e. The van der Waals surface area contributed by atoms with E-state index in [2.05, 4.69) is 5.32 Å². The van der Waals surface area contributed by atoms with Crippen molar-refractivity contribution in [2.75, 3.05) is 13.2 Å². The lowest BCUT2D eigenvalue weighted by atomic mass is 10.3. The van der Waals surface area contributed by atoms with Gasteiger partial charge in [-0.25, -0.2) is 0 Å². The molecular formula is C9H18N2O2. The van der Waals surface area contributed by atoms with Crippen molar-refractivity contribution in [3.05, 3.63) is 0 Å². The van der Waals surface area contributed by atoms with Crippen LogP contribution in [0.4, 0.5) is 0 Å². The molecule has 1 aliphatic carbocycles. The molecule has 1 aliphatic rings. The van der Waals surface area contributed by atoms with E-state index in [9.17, 15) is 4.79 Å². The zero-order chi connectivity index (χ0) is 9.68. The van der Waals surface area contributed by atoms with E-state index in [0.717, 1.165) is 19.4 Å². The van der Waals surface area contributed by atoms with Crippen LogP contribution in [-0.4, -0.2) is 31.2 Å². The molecule has 2 unspecified atom stereocenters. The molecule has 1 fully saturated rings. The van der Waals surface area contributed by atoms with Crippen LogP contribution in [-0.2, 0) is 9.53 Å². The van der Waals surface area contributed by atoms with E-state index in [4.69, 9.17) is 10.5 Å². The van der Waals surface area contributed by atoms with Crippen LogP contribution in [0.25, 0.3) is 0 Å². The summed E-state index contributed by atoms with van der Waals surface area (Å²) in [7, 11) is 0. The van der Waals surface area contributed by atoms with Crippen LogP contribution in [0.5, 0.6) is 0 Å². The summed E-state index contributed by atoms with van der Waals surface area (Å²) in [5.41, 5.74) is 5.55. The quantitative estimate of drug-likeness (QED) is 0.575. The third kappa shape index (κ3) is 4.24. The lowest BCUT2D eigenvalue weighted by Gasteiger charge is -2.03. The number of carbonyl (C=O) groups excluding carboxylic acids is 1. The Morgan fingerprint density at radius 1 is 1.69 bits per heavy atom. The van der Waals surface area contributed by atoms with Crippen molar-refractivity contribution >= 4 is 5.91 Å². The zero-order valence-corrected chi connectivity index (χ0v) is 8.08. The zero-order valence-electron chi connectivity index (χ0n) is 8.08. The van der Waals surface area contributed by atoms with Crippen LogP contribution in [0.2, 0.25) is 0 Å². The van der Waals surface area contributed by atoms with Gasteiger partial charge in [0.2, 0.25) is 5.91 Å². The number of rotatable bonds is 6. The van der Waals surface area contributed by atoms with Gasteiger partial charge in [-0.2, -0.15) is 0 Å². The number of hydrogen-bond acceptors (Lipinski definition) is 3. The summed E-state index contributed by atoms with van der Waals surface area (Å²) in [6, 6.07) is 0.426. The van der Waals surface area contributed by atoms with Crippen molar-refractivity contribution in [2.24, 2.45) is 5.73 Å². The standard InChI is InChI=1S/C9H18N2O2/c1-2-13-5-3-4-9(12)11-8-6-7(8)10/h7-8H,2-6,10H2,1H3,(H,11,12). The number of carbonyl (C=O) groups is 1. The SMILES string of the molecule is CCOCCCC(=O)NC1CC1N. The van der Waals surface area contributed by atoms with Crippen molar-refractivity contribution in [2.45, 2.75) is 38.3 Å². The molecule has 0 aromatic rings. The van der Waals surface area contributed by atoms with Crippen LogP contribution in [0.3, 0.4) is 0 Å². The predicted molar refractivity (Wildman–Crippen MR) is 50.3 cm³/mol. The highest BCUT2D eigenvalue weighted by atomic mass is 16.5.